The van der Waals surface area contributed by atoms with Gasteiger partial charge in [-0.05, 0) is 19.9 Å². The number of nitrogens with one attached hydrogen (secondary N) is 1. The van der Waals surface area contributed by atoms with Gasteiger partial charge in [0.05, 0.1) is 5.69 Å². The number of hydrogen-bond donors (Lipinski definition) is 2. The quantitative estimate of drug-likeness (QED) is 0.785. The minimum atomic E-state index is -1.02. The predicted octanol–water partition coefficient (Wildman–Crippen LogP) is 0.467. The van der Waals surface area contributed by atoms with Gasteiger partial charge in [-0.1, -0.05) is 0 Å². The number of carboxylic acid groups (broad SMARTS) is 1. The fourth-order valence-electron chi connectivity index (χ4n) is 1.63. The third-order valence-electron chi connectivity index (χ3n) is 2.62. The Hall–Kier alpha value is -2.05. The van der Waals surface area contributed by atoms with E-state index in [0.29, 0.717) is 13.0 Å². The van der Waals surface area contributed by atoms with Gasteiger partial charge >= 0.3 is 12.0 Å². The first kappa shape index (κ1) is 15.0. The molecule has 7 heteroatoms. The van der Waals surface area contributed by atoms with Crippen molar-refractivity contribution in [1.82, 2.24) is 20.0 Å². The lowest BCUT2D eigenvalue weighted by Gasteiger charge is -2.25. The second-order valence-corrected chi connectivity index (χ2v) is 4.58. The lowest BCUT2D eigenvalue weighted by atomic mass is 10.3. The van der Waals surface area contributed by atoms with E-state index >= 15 is 0 Å². The molecule has 0 unspecified atom stereocenters. The number of nitrogens with zero attached hydrogens (tertiary/aromatic N) is 3. The highest BCUT2D eigenvalue weighted by Crippen LogP contribution is 1.99. The van der Waals surface area contributed by atoms with Crippen LogP contribution in [0.4, 0.5) is 4.79 Å². The number of carbonyl (C=O) groups excluding carboxylic acids is 1. The van der Waals surface area contributed by atoms with Crippen LogP contribution in [0.5, 0.6) is 0 Å². The first-order valence-corrected chi connectivity index (χ1v) is 6.15. The molecule has 7 nitrogen and oxygen atoms in total. The number of aromatic nitrogens is 2. The second kappa shape index (κ2) is 6.77. The number of aliphatic carboxylic acids is 1. The van der Waals surface area contributed by atoms with E-state index in [4.69, 9.17) is 5.11 Å². The summed E-state index contributed by atoms with van der Waals surface area (Å²) < 4.78 is 1.70. The van der Waals surface area contributed by atoms with Crippen LogP contribution in [0.25, 0.3) is 0 Å². The molecule has 106 valence electrons. The molecule has 0 fully saturated rings. The van der Waals surface area contributed by atoms with E-state index < -0.39 is 5.97 Å². The molecule has 0 radical (unpaired) electrons. The van der Waals surface area contributed by atoms with E-state index in [1.165, 1.54) is 4.90 Å². The smallest absolute Gasteiger partial charge is 0.323 e. The fourth-order valence-corrected chi connectivity index (χ4v) is 1.63. The number of hydrogen-bond acceptors (Lipinski definition) is 3. The molecule has 2 amide bonds. The summed E-state index contributed by atoms with van der Waals surface area (Å²) in [6, 6.07) is 1.35. The molecule has 0 saturated heterocycles. The third kappa shape index (κ3) is 4.99. The van der Waals surface area contributed by atoms with Gasteiger partial charge in [-0.25, -0.2) is 4.79 Å². The Bertz CT molecular complexity index is 442. The van der Waals surface area contributed by atoms with Gasteiger partial charge in [-0.2, -0.15) is 5.10 Å². The van der Waals surface area contributed by atoms with Crippen molar-refractivity contribution in [3.63, 3.8) is 0 Å². The van der Waals surface area contributed by atoms with Gasteiger partial charge in [0, 0.05) is 32.3 Å². The Morgan fingerprint density at radius 3 is 2.68 bits per heavy atom. The summed E-state index contributed by atoms with van der Waals surface area (Å²) in [5.74, 6) is -1.02. The highest BCUT2D eigenvalue weighted by atomic mass is 16.4. The summed E-state index contributed by atoms with van der Waals surface area (Å²) in [6.07, 6.45) is 2.45. The number of aryl methyl sites for hydroxylation is 1. The van der Waals surface area contributed by atoms with E-state index in [2.05, 4.69) is 10.4 Å². The van der Waals surface area contributed by atoms with E-state index in [9.17, 15) is 9.59 Å². The van der Waals surface area contributed by atoms with Crippen LogP contribution in [0.1, 0.15) is 19.5 Å². The molecule has 0 atom stereocenters. The molecule has 19 heavy (non-hydrogen) atoms. The molecule has 1 heterocycles. The van der Waals surface area contributed by atoms with Crippen LogP contribution < -0.4 is 5.32 Å². The molecule has 0 aliphatic heterocycles. The molecule has 0 bridgehead atoms. The molecular weight excluding hydrogens is 248 g/mol. The number of amides is 2. The van der Waals surface area contributed by atoms with E-state index in [1.54, 1.807) is 18.5 Å². The van der Waals surface area contributed by atoms with Crippen molar-refractivity contribution in [3.8, 4) is 0 Å². The van der Waals surface area contributed by atoms with E-state index in [0.717, 1.165) is 5.69 Å². The average molecular weight is 268 g/mol. The molecule has 1 rings (SSSR count). The lowest BCUT2D eigenvalue weighted by Crippen LogP contribution is -2.46. The topological polar surface area (TPSA) is 87.5 Å². The SMILES string of the molecule is CC(C)N(CC(=O)O)C(=O)NCCc1ccn(C)n1. The Morgan fingerprint density at radius 1 is 1.53 bits per heavy atom. The molecule has 1 aromatic heterocycles. The zero-order valence-corrected chi connectivity index (χ0v) is 11.5. The summed E-state index contributed by atoms with van der Waals surface area (Å²) in [4.78, 5) is 23.8. The van der Waals surface area contributed by atoms with E-state index in [-0.39, 0.29) is 18.6 Å². The van der Waals surface area contributed by atoms with Crippen molar-refractivity contribution in [2.45, 2.75) is 26.3 Å². The maximum Gasteiger partial charge on any atom is 0.323 e. The van der Waals surface area contributed by atoms with Crippen molar-refractivity contribution in [1.29, 1.82) is 0 Å². The van der Waals surface area contributed by atoms with Crippen molar-refractivity contribution >= 4 is 12.0 Å². The minimum absolute atomic E-state index is 0.161. The van der Waals surface area contributed by atoms with E-state index in [1.807, 2.05) is 19.3 Å². The lowest BCUT2D eigenvalue weighted by molar-refractivity contribution is -0.138. The fraction of sp³-hybridized carbons (Fsp3) is 0.583. The van der Waals surface area contributed by atoms with Crippen LogP contribution in [0.3, 0.4) is 0 Å². The molecule has 0 spiro atoms. The van der Waals surface area contributed by atoms with Crippen molar-refractivity contribution in [3.05, 3.63) is 18.0 Å². The first-order valence-electron chi connectivity index (χ1n) is 6.15. The van der Waals surface area contributed by atoms with Gasteiger partial charge in [0.25, 0.3) is 0 Å². The second-order valence-electron chi connectivity index (χ2n) is 4.58. The van der Waals surface area contributed by atoms with Crippen LogP contribution in [-0.2, 0) is 18.3 Å². The normalized spacial score (nSPS) is 10.5. The van der Waals surface area contributed by atoms with Crippen LogP contribution in [-0.4, -0.2) is 50.9 Å². The van der Waals surface area contributed by atoms with Gasteiger partial charge < -0.3 is 15.3 Å². The summed E-state index contributed by atoms with van der Waals surface area (Å²) >= 11 is 0. The predicted molar refractivity (Wildman–Crippen MR) is 69.8 cm³/mol. The Kier molecular flexibility index (Phi) is 5.35. The van der Waals surface area contributed by atoms with Gasteiger partial charge in [0.1, 0.15) is 6.54 Å². The maximum absolute atomic E-state index is 11.8. The van der Waals surface area contributed by atoms with Crippen LogP contribution in [0, 0.1) is 0 Å². The van der Waals surface area contributed by atoms with Crippen LogP contribution in [0.15, 0.2) is 12.3 Å². The van der Waals surface area contributed by atoms with Gasteiger partial charge in [0.15, 0.2) is 0 Å². The average Bonchev–Trinajstić information content (AvgIpc) is 2.71. The van der Waals surface area contributed by atoms with Gasteiger partial charge in [-0.15, -0.1) is 0 Å². The number of carbonyl (C=O) groups is 2. The molecular formula is C12H20N4O3. The Morgan fingerprint density at radius 2 is 2.21 bits per heavy atom. The molecule has 0 aliphatic carbocycles. The third-order valence-corrected chi connectivity index (χ3v) is 2.62. The van der Waals surface area contributed by atoms with Gasteiger partial charge in [-0.3, -0.25) is 9.48 Å². The number of carboxylic acids is 1. The molecule has 0 aromatic carbocycles. The largest absolute Gasteiger partial charge is 0.480 e. The zero-order chi connectivity index (χ0) is 14.4. The summed E-state index contributed by atoms with van der Waals surface area (Å²) in [5, 5.41) is 15.6. The standard InChI is InChI=1S/C12H20N4O3/c1-9(2)16(8-11(17)18)12(19)13-6-4-10-5-7-15(3)14-10/h5,7,9H,4,6,8H2,1-3H3,(H,13,19)(H,17,18). The molecule has 1 aromatic rings. The Labute approximate surface area is 112 Å². The zero-order valence-electron chi connectivity index (χ0n) is 11.5. The van der Waals surface area contributed by atoms with Crippen LogP contribution >= 0.6 is 0 Å². The Balaban J connectivity index is 2.42. The first-order chi connectivity index (χ1) is 8.90. The maximum atomic E-state index is 11.8. The van der Waals surface area contributed by atoms with Crippen molar-refractivity contribution in [2.75, 3.05) is 13.1 Å². The monoisotopic (exact) mass is 268 g/mol. The van der Waals surface area contributed by atoms with Gasteiger partial charge in [0.2, 0.25) is 0 Å². The highest BCUT2D eigenvalue weighted by Gasteiger charge is 2.19. The summed E-state index contributed by atoms with van der Waals surface area (Å²) in [5.41, 5.74) is 0.886. The summed E-state index contributed by atoms with van der Waals surface area (Å²) in [7, 11) is 1.83. The highest BCUT2D eigenvalue weighted by molar-refractivity contribution is 5.80. The molecule has 0 saturated carbocycles. The van der Waals surface area contributed by atoms with Crippen molar-refractivity contribution < 1.29 is 14.7 Å². The summed E-state index contributed by atoms with van der Waals surface area (Å²) in [6.45, 7) is 3.69. The number of rotatable bonds is 6. The van der Waals surface area contributed by atoms with Crippen LogP contribution in [0.2, 0.25) is 0 Å². The van der Waals surface area contributed by atoms with Crippen molar-refractivity contribution in [2.24, 2.45) is 7.05 Å². The minimum Gasteiger partial charge on any atom is -0.480 e. The number of urea groups is 1. The molecule has 0 aliphatic rings. The molecule has 2 N–H and O–H groups in total.